The second-order valence-electron chi connectivity index (χ2n) is 8.16. The molecule has 1 aromatic carbocycles. The predicted molar refractivity (Wildman–Crippen MR) is 113 cm³/mol. The summed E-state index contributed by atoms with van der Waals surface area (Å²) in [5, 5.41) is 4.35. The molecule has 0 spiro atoms. The molecule has 0 unspecified atom stereocenters. The zero-order valence-corrected chi connectivity index (χ0v) is 17.1. The molecule has 0 bridgehead atoms. The summed E-state index contributed by atoms with van der Waals surface area (Å²) in [6.45, 7) is 4.56. The molecule has 1 heterocycles. The number of benzene rings is 1. The van der Waals surface area contributed by atoms with Gasteiger partial charge in [-0.15, -0.1) is 0 Å². The molecule has 1 fully saturated rings. The van der Waals surface area contributed by atoms with E-state index in [0.717, 1.165) is 53.9 Å². The van der Waals surface area contributed by atoms with Crippen LogP contribution in [0.2, 0.25) is 0 Å². The summed E-state index contributed by atoms with van der Waals surface area (Å²) < 4.78 is 12.0. The second kappa shape index (κ2) is 8.42. The molecule has 0 saturated heterocycles. The average molecular weight is 382 g/mol. The van der Waals surface area contributed by atoms with Crippen molar-refractivity contribution in [2.75, 3.05) is 6.61 Å². The summed E-state index contributed by atoms with van der Waals surface area (Å²) in [6, 6.07) is 4.48. The van der Waals surface area contributed by atoms with Gasteiger partial charge in [0.2, 0.25) is 5.91 Å². The maximum Gasteiger partial charge on any atom is 0.244 e. The van der Waals surface area contributed by atoms with Gasteiger partial charge in [-0.25, -0.2) is 0 Å². The zero-order valence-electron chi connectivity index (χ0n) is 17.1. The lowest BCUT2D eigenvalue weighted by Gasteiger charge is -2.22. The number of fused-ring (bicyclic) bond motifs is 3. The first-order valence-corrected chi connectivity index (χ1v) is 10.9. The molecule has 28 heavy (non-hydrogen) atoms. The van der Waals surface area contributed by atoms with Crippen LogP contribution in [-0.2, 0) is 17.6 Å². The van der Waals surface area contributed by atoms with Gasteiger partial charge < -0.3 is 14.5 Å². The van der Waals surface area contributed by atoms with Crippen molar-refractivity contribution in [1.82, 2.24) is 5.32 Å². The van der Waals surface area contributed by atoms with Crippen molar-refractivity contribution in [3.8, 4) is 5.75 Å². The van der Waals surface area contributed by atoms with Crippen LogP contribution in [0.15, 0.2) is 22.6 Å². The van der Waals surface area contributed by atoms with Gasteiger partial charge in [0, 0.05) is 41.1 Å². The van der Waals surface area contributed by atoms with Crippen LogP contribution in [0.3, 0.4) is 0 Å². The third-order valence-electron chi connectivity index (χ3n) is 6.08. The van der Waals surface area contributed by atoms with Gasteiger partial charge >= 0.3 is 0 Å². The monoisotopic (exact) mass is 381 g/mol. The van der Waals surface area contributed by atoms with Gasteiger partial charge in [0.05, 0.1) is 6.61 Å². The SMILES string of the molecule is CCOc1cc2oc3c(c2cc1/C(C)=C/C(=O)NC1CCCCC1)CCCC3. The quantitative estimate of drug-likeness (QED) is 0.690. The van der Waals surface area contributed by atoms with Crippen molar-refractivity contribution in [2.24, 2.45) is 0 Å². The van der Waals surface area contributed by atoms with Crippen molar-refractivity contribution in [1.29, 1.82) is 0 Å². The number of amides is 1. The molecule has 4 nitrogen and oxygen atoms in total. The van der Waals surface area contributed by atoms with E-state index in [0.29, 0.717) is 12.6 Å². The number of allylic oxidation sites excluding steroid dienone is 1. The minimum atomic E-state index is 0.00108. The highest BCUT2D eigenvalue weighted by atomic mass is 16.5. The number of nitrogens with one attached hydrogen (secondary N) is 1. The largest absolute Gasteiger partial charge is 0.493 e. The molecule has 2 aromatic rings. The molecular formula is C24H31NO3. The molecule has 150 valence electrons. The van der Waals surface area contributed by atoms with E-state index in [1.807, 2.05) is 19.9 Å². The summed E-state index contributed by atoms with van der Waals surface area (Å²) in [7, 11) is 0. The molecule has 4 heteroatoms. The highest BCUT2D eigenvalue weighted by Crippen LogP contribution is 2.38. The Hall–Kier alpha value is -2.23. The number of ether oxygens (including phenoxy) is 1. The molecule has 2 aliphatic rings. The van der Waals surface area contributed by atoms with Crippen LogP contribution in [-0.4, -0.2) is 18.6 Å². The number of carbonyl (C=O) groups is 1. The van der Waals surface area contributed by atoms with E-state index < -0.39 is 0 Å². The van der Waals surface area contributed by atoms with E-state index in [-0.39, 0.29) is 5.91 Å². The zero-order chi connectivity index (χ0) is 19.5. The Morgan fingerprint density at radius 2 is 1.96 bits per heavy atom. The molecule has 0 atom stereocenters. The van der Waals surface area contributed by atoms with Crippen molar-refractivity contribution >= 4 is 22.4 Å². The highest BCUT2D eigenvalue weighted by Gasteiger charge is 2.21. The Balaban J connectivity index is 1.64. The lowest BCUT2D eigenvalue weighted by atomic mass is 9.94. The summed E-state index contributed by atoms with van der Waals surface area (Å²) in [5.74, 6) is 1.92. The number of furan rings is 1. The van der Waals surface area contributed by atoms with E-state index in [9.17, 15) is 4.79 Å². The molecule has 2 aliphatic carbocycles. The number of aryl methyl sites for hydroxylation is 2. The van der Waals surface area contributed by atoms with Gasteiger partial charge in [-0.3, -0.25) is 4.79 Å². The average Bonchev–Trinajstić information content (AvgIpc) is 3.05. The number of rotatable bonds is 5. The molecular weight excluding hydrogens is 350 g/mol. The van der Waals surface area contributed by atoms with Crippen LogP contribution >= 0.6 is 0 Å². The molecule has 1 saturated carbocycles. The Morgan fingerprint density at radius 3 is 2.75 bits per heavy atom. The topological polar surface area (TPSA) is 51.5 Å². The predicted octanol–water partition coefficient (Wildman–Crippen LogP) is 5.56. The Morgan fingerprint density at radius 1 is 1.18 bits per heavy atom. The van der Waals surface area contributed by atoms with E-state index in [2.05, 4.69) is 11.4 Å². The van der Waals surface area contributed by atoms with Gasteiger partial charge in [0.25, 0.3) is 0 Å². The summed E-state index contributed by atoms with van der Waals surface area (Å²) >= 11 is 0. The second-order valence-corrected chi connectivity index (χ2v) is 8.16. The van der Waals surface area contributed by atoms with Crippen molar-refractivity contribution < 1.29 is 13.9 Å². The van der Waals surface area contributed by atoms with Crippen molar-refractivity contribution in [3.05, 3.63) is 35.1 Å². The van der Waals surface area contributed by atoms with E-state index in [4.69, 9.17) is 9.15 Å². The lowest BCUT2D eigenvalue weighted by molar-refractivity contribution is -0.117. The standard InChI is InChI=1S/C24H31NO3/c1-3-27-22-15-23-20(18-11-7-8-12-21(18)28-23)14-19(22)16(2)13-24(26)25-17-9-5-4-6-10-17/h13-15,17H,3-12H2,1-2H3,(H,25,26)/b16-13+. The fraction of sp³-hybridized carbons (Fsp3) is 0.542. The number of carbonyl (C=O) groups excluding carboxylic acids is 1. The van der Waals surface area contributed by atoms with Crippen molar-refractivity contribution in [3.63, 3.8) is 0 Å². The highest BCUT2D eigenvalue weighted by molar-refractivity contribution is 5.97. The molecule has 1 amide bonds. The first-order chi connectivity index (χ1) is 13.7. The molecule has 1 aromatic heterocycles. The maximum atomic E-state index is 12.6. The molecule has 0 radical (unpaired) electrons. The third-order valence-corrected chi connectivity index (χ3v) is 6.08. The molecule has 0 aliphatic heterocycles. The van der Waals surface area contributed by atoms with Crippen LogP contribution in [0, 0.1) is 0 Å². The molecule has 1 N–H and O–H groups in total. The van der Waals surface area contributed by atoms with Gasteiger partial charge in [-0.1, -0.05) is 19.3 Å². The minimum Gasteiger partial charge on any atom is -0.493 e. The summed E-state index contributed by atoms with van der Waals surface area (Å²) in [4.78, 5) is 12.6. The van der Waals surface area contributed by atoms with E-state index in [1.165, 1.54) is 43.1 Å². The Bertz CT molecular complexity index is 887. The third kappa shape index (κ3) is 3.96. The Labute approximate surface area is 167 Å². The fourth-order valence-corrected chi connectivity index (χ4v) is 4.64. The normalized spacial score (nSPS) is 18.1. The summed E-state index contributed by atoms with van der Waals surface area (Å²) in [6.07, 6.45) is 12.1. The minimum absolute atomic E-state index is 0.00108. The molecule has 4 rings (SSSR count). The first kappa shape index (κ1) is 19.1. The van der Waals surface area contributed by atoms with E-state index in [1.54, 1.807) is 6.08 Å². The maximum absolute atomic E-state index is 12.6. The van der Waals surface area contributed by atoms with Crippen LogP contribution < -0.4 is 10.1 Å². The number of hydrogen-bond acceptors (Lipinski definition) is 3. The van der Waals surface area contributed by atoms with Gasteiger partial charge in [0.15, 0.2) is 0 Å². The Kier molecular flexibility index (Phi) is 5.74. The lowest BCUT2D eigenvalue weighted by Crippen LogP contribution is -2.35. The van der Waals surface area contributed by atoms with Gasteiger partial charge in [-0.2, -0.15) is 0 Å². The van der Waals surface area contributed by atoms with Crippen LogP contribution in [0.5, 0.6) is 5.75 Å². The van der Waals surface area contributed by atoms with Crippen LogP contribution in [0.1, 0.15) is 75.7 Å². The van der Waals surface area contributed by atoms with E-state index >= 15 is 0 Å². The van der Waals surface area contributed by atoms with Crippen LogP contribution in [0.25, 0.3) is 16.5 Å². The van der Waals surface area contributed by atoms with Gasteiger partial charge in [-0.05, 0) is 57.6 Å². The van der Waals surface area contributed by atoms with Crippen LogP contribution in [0.4, 0.5) is 0 Å². The smallest absolute Gasteiger partial charge is 0.244 e. The van der Waals surface area contributed by atoms with Crippen molar-refractivity contribution in [2.45, 2.75) is 77.7 Å². The van der Waals surface area contributed by atoms with Gasteiger partial charge in [0.1, 0.15) is 17.1 Å². The number of hydrogen-bond donors (Lipinski definition) is 1. The fourth-order valence-electron chi connectivity index (χ4n) is 4.64. The first-order valence-electron chi connectivity index (χ1n) is 10.9. The summed E-state index contributed by atoms with van der Waals surface area (Å²) in [5.41, 5.74) is 4.16.